The maximum atomic E-state index is 11.2. The molecule has 0 aliphatic carbocycles. The molecule has 122 valence electrons. The van der Waals surface area contributed by atoms with Crippen molar-refractivity contribution < 1.29 is 17.9 Å². The summed E-state index contributed by atoms with van der Waals surface area (Å²) in [6.45, 7) is 2.19. The van der Waals surface area contributed by atoms with E-state index in [0.717, 1.165) is 19.5 Å². The topological polar surface area (TPSA) is 64.6 Å². The summed E-state index contributed by atoms with van der Waals surface area (Å²) in [5, 5.41) is 3.43. The number of nitrogens with one attached hydrogen (secondary N) is 1. The molecular weight excluding hydrogens is 302 g/mol. The third kappa shape index (κ3) is 3.73. The molecule has 0 saturated carbocycles. The van der Waals surface area contributed by atoms with Crippen LogP contribution in [-0.4, -0.2) is 46.2 Å². The zero-order valence-corrected chi connectivity index (χ0v) is 13.7. The van der Waals surface area contributed by atoms with Gasteiger partial charge in [-0.25, -0.2) is 8.42 Å². The van der Waals surface area contributed by atoms with Gasteiger partial charge in [-0.05, 0) is 56.0 Å². The van der Waals surface area contributed by atoms with Crippen molar-refractivity contribution in [3.05, 3.63) is 23.8 Å². The highest BCUT2D eigenvalue weighted by Gasteiger charge is 2.35. The number of sulfone groups is 1. The predicted octanol–water partition coefficient (Wildman–Crippen LogP) is 1.41. The zero-order valence-electron chi connectivity index (χ0n) is 12.9. The molecule has 22 heavy (non-hydrogen) atoms. The first-order valence-electron chi connectivity index (χ1n) is 7.80. The van der Waals surface area contributed by atoms with Gasteiger partial charge in [-0.3, -0.25) is 0 Å². The van der Waals surface area contributed by atoms with E-state index in [4.69, 9.17) is 9.47 Å². The van der Waals surface area contributed by atoms with Crippen LogP contribution in [0.5, 0.6) is 11.5 Å². The van der Waals surface area contributed by atoms with Gasteiger partial charge in [0.1, 0.15) is 6.10 Å². The van der Waals surface area contributed by atoms with Gasteiger partial charge in [-0.2, -0.15) is 0 Å². The van der Waals surface area contributed by atoms with Crippen molar-refractivity contribution in [3.8, 4) is 11.5 Å². The minimum Gasteiger partial charge on any atom is -0.493 e. The standard InChI is InChI=1S/C16H23NO4S/c1-20-16-8-12(7-13-3-2-6-17-9-13)4-5-15(16)21-14-10-22(18,19)11-14/h4-5,8,13-14,17H,2-3,6-7,9-11H2,1H3. The number of ether oxygens (including phenoxy) is 2. The fourth-order valence-electron chi connectivity index (χ4n) is 3.13. The van der Waals surface area contributed by atoms with Crippen molar-refractivity contribution in [2.24, 2.45) is 5.92 Å². The van der Waals surface area contributed by atoms with Crippen LogP contribution in [0.1, 0.15) is 18.4 Å². The van der Waals surface area contributed by atoms with Crippen LogP contribution in [0.15, 0.2) is 18.2 Å². The summed E-state index contributed by atoms with van der Waals surface area (Å²) >= 11 is 0. The third-order valence-electron chi connectivity index (χ3n) is 4.32. The molecule has 2 fully saturated rings. The van der Waals surface area contributed by atoms with Crippen molar-refractivity contribution in [2.75, 3.05) is 31.7 Å². The normalized spacial score (nSPS) is 24.5. The Labute approximate surface area is 131 Å². The molecule has 0 spiro atoms. The highest BCUT2D eigenvalue weighted by molar-refractivity contribution is 7.92. The van der Waals surface area contributed by atoms with E-state index in [-0.39, 0.29) is 17.6 Å². The number of benzene rings is 1. The highest BCUT2D eigenvalue weighted by Crippen LogP contribution is 2.32. The lowest BCUT2D eigenvalue weighted by molar-refractivity contribution is 0.219. The average molecular weight is 325 g/mol. The molecule has 1 atom stereocenters. The van der Waals surface area contributed by atoms with Crippen LogP contribution in [0.25, 0.3) is 0 Å². The number of piperidine rings is 1. The van der Waals surface area contributed by atoms with Gasteiger partial charge in [-0.15, -0.1) is 0 Å². The third-order valence-corrected chi connectivity index (χ3v) is 6.08. The lowest BCUT2D eigenvalue weighted by atomic mass is 9.92. The predicted molar refractivity (Wildman–Crippen MR) is 85.4 cm³/mol. The summed E-state index contributed by atoms with van der Waals surface area (Å²) in [4.78, 5) is 0. The molecule has 0 bridgehead atoms. The second-order valence-corrected chi connectivity index (χ2v) is 8.37. The molecule has 1 aromatic carbocycles. The molecule has 6 heteroatoms. The van der Waals surface area contributed by atoms with Gasteiger partial charge in [0, 0.05) is 0 Å². The lowest BCUT2D eigenvalue weighted by Crippen LogP contribution is -2.45. The van der Waals surface area contributed by atoms with Crippen LogP contribution in [0.4, 0.5) is 0 Å². The van der Waals surface area contributed by atoms with Crippen molar-refractivity contribution in [3.63, 3.8) is 0 Å². The molecule has 2 aliphatic rings. The molecular formula is C16H23NO4S. The Kier molecular flexibility index (Phi) is 4.59. The fourth-order valence-corrected chi connectivity index (χ4v) is 4.30. The first kappa shape index (κ1) is 15.6. The summed E-state index contributed by atoms with van der Waals surface area (Å²) in [5.41, 5.74) is 1.24. The molecule has 2 saturated heterocycles. The quantitative estimate of drug-likeness (QED) is 0.887. The van der Waals surface area contributed by atoms with Crippen LogP contribution in [-0.2, 0) is 16.3 Å². The van der Waals surface area contributed by atoms with Gasteiger partial charge in [-0.1, -0.05) is 6.07 Å². The highest BCUT2D eigenvalue weighted by atomic mass is 32.2. The van der Waals surface area contributed by atoms with E-state index >= 15 is 0 Å². The molecule has 2 aliphatic heterocycles. The monoisotopic (exact) mass is 325 g/mol. The van der Waals surface area contributed by atoms with E-state index < -0.39 is 9.84 Å². The van der Waals surface area contributed by atoms with Crippen LogP contribution in [0.3, 0.4) is 0 Å². The van der Waals surface area contributed by atoms with Gasteiger partial charge in [0.15, 0.2) is 21.3 Å². The minimum absolute atomic E-state index is 0.103. The van der Waals surface area contributed by atoms with E-state index in [9.17, 15) is 8.42 Å². The van der Waals surface area contributed by atoms with Crippen LogP contribution >= 0.6 is 0 Å². The molecule has 1 aromatic rings. The Hall–Kier alpha value is -1.27. The smallest absolute Gasteiger partial charge is 0.161 e. The summed E-state index contributed by atoms with van der Waals surface area (Å²) < 4.78 is 33.5. The zero-order chi connectivity index (χ0) is 15.6. The van der Waals surface area contributed by atoms with Crippen LogP contribution in [0, 0.1) is 5.92 Å². The summed E-state index contributed by atoms with van der Waals surface area (Å²) in [7, 11) is -1.25. The van der Waals surface area contributed by atoms with E-state index in [1.807, 2.05) is 12.1 Å². The summed E-state index contributed by atoms with van der Waals surface area (Å²) in [6, 6.07) is 5.96. The second-order valence-electron chi connectivity index (χ2n) is 6.22. The van der Waals surface area contributed by atoms with Gasteiger partial charge in [0.2, 0.25) is 0 Å². The number of hydrogen-bond donors (Lipinski definition) is 1. The molecule has 1 unspecified atom stereocenters. The largest absolute Gasteiger partial charge is 0.493 e. The number of hydrogen-bond acceptors (Lipinski definition) is 5. The molecule has 1 N–H and O–H groups in total. The molecule has 0 aromatic heterocycles. The van der Waals surface area contributed by atoms with E-state index in [1.165, 1.54) is 18.4 Å². The van der Waals surface area contributed by atoms with Crippen molar-refractivity contribution in [2.45, 2.75) is 25.4 Å². The van der Waals surface area contributed by atoms with E-state index in [0.29, 0.717) is 17.4 Å². The Morgan fingerprint density at radius 1 is 1.27 bits per heavy atom. The summed E-state index contributed by atoms with van der Waals surface area (Å²) in [6.07, 6.45) is 3.28. The van der Waals surface area contributed by atoms with Gasteiger partial charge in [0.25, 0.3) is 0 Å². The summed E-state index contributed by atoms with van der Waals surface area (Å²) in [5.74, 6) is 2.19. The van der Waals surface area contributed by atoms with Crippen molar-refractivity contribution in [1.29, 1.82) is 0 Å². The van der Waals surface area contributed by atoms with E-state index in [1.54, 1.807) is 7.11 Å². The first-order chi connectivity index (χ1) is 10.6. The average Bonchev–Trinajstić information content (AvgIpc) is 2.48. The SMILES string of the molecule is COc1cc(CC2CCCNC2)ccc1OC1CS(=O)(=O)C1. The first-order valence-corrected chi connectivity index (χ1v) is 9.62. The van der Waals surface area contributed by atoms with Crippen molar-refractivity contribution >= 4 is 9.84 Å². The number of rotatable bonds is 5. The Bertz CT molecular complexity index is 611. The maximum Gasteiger partial charge on any atom is 0.161 e. The molecule has 2 heterocycles. The number of methoxy groups -OCH3 is 1. The van der Waals surface area contributed by atoms with Crippen LogP contribution in [0.2, 0.25) is 0 Å². The van der Waals surface area contributed by atoms with Crippen LogP contribution < -0.4 is 14.8 Å². The molecule has 5 nitrogen and oxygen atoms in total. The second kappa shape index (κ2) is 6.46. The van der Waals surface area contributed by atoms with E-state index in [2.05, 4.69) is 11.4 Å². The fraction of sp³-hybridized carbons (Fsp3) is 0.625. The Morgan fingerprint density at radius 2 is 2.09 bits per heavy atom. The minimum atomic E-state index is -2.87. The molecule has 3 rings (SSSR count). The lowest BCUT2D eigenvalue weighted by Gasteiger charge is -2.27. The maximum absolute atomic E-state index is 11.2. The van der Waals surface area contributed by atoms with Crippen molar-refractivity contribution in [1.82, 2.24) is 5.32 Å². The molecule has 0 radical (unpaired) electrons. The Morgan fingerprint density at radius 3 is 2.73 bits per heavy atom. The Balaban J connectivity index is 1.65. The molecule has 0 amide bonds. The van der Waals surface area contributed by atoms with Gasteiger partial charge in [0.05, 0.1) is 18.6 Å². The van der Waals surface area contributed by atoms with Gasteiger partial charge < -0.3 is 14.8 Å². The van der Waals surface area contributed by atoms with Gasteiger partial charge >= 0.3 is 0 Å².